The molecule has 1 aromatic heterocycles. The molecule has 0 bridgehead atoms. The van der Waals surface area contributed by atoms with Gasteiger partial charge in [-0.3, -0.25) is 15.5 Å². The van der Waals surface area contributed by atoms with Crippen molar-refractivity contribution < 1.29 is 19.2 Å². The third-order valence-electron chi connectivity index (χ3n) is 4.81. The van der Waals surface area contributed by atoms with E-state index in [0.717, 1.165) is 17.0 Å². The highest BCUT2D eigenvalue weighted by molar-refractivity contribution is 9.10. The summed E-state index contributed by atoms with van der Waals surface area (Å²) in [7, 11) is 1.47. The van der Waals surface area contributed by atoms with Crippen LogP contribution >= 0.6 is 15.9 Å². The molecule has 3 aromatic carbocycles. The van der Waals surface area contributed by atoms with Crippen molar-refractivity contribution in [2.75, 3.05) is 12.5 Å². The van der Waals surface area contributed by atoms with E-state index < -0.39 is 10.9 Å². The summed E-state index contributed by atoms with van der Waals surface area (Å²) < 4.78 is 11.6. The number of rotatable bonds is 7. The van der Waals surface area contributed by atoms with Gasteiger partial charge >= 0.3 is 5.97 Å². The number of ether oxygens (including phenoxy) is 2. The van der Waals surface area contributed by atoms with Crippen molar-refractivity contribution in [1.29, 1.82) is 0 Å². The van der Waals surface area contributed by atoms with Gasteiger partial charge in [0.15, 0.2) is 11.5 Å². The Bertz CT molecular complexity index is 1400. The summed E-state index contributed by atoms with van der Waals surface area (Å²) in [4.78, 5) is 27.0. The Kier molecular flexibility index (Phi) is 6.79. The lowest BCUT2D eigenvalue weighted by Crippen LogP contribution is -2.10. The zero-order chi connectivity index (χ0) is 24.1. The first-order valence-corrected chi connectivity index (χ1v) is 10.7. The molecular formula is C24H17BrN4O5. The summed E-state index contributed by atoms with van der Waals surface area (Å²) in [6.45, 7) is 0. The van der Waals surface area contributed by atoms with Crippen molar-refractivity contribution in [3.8, 4) is 11.5 Å². The molecule has 0 spiro atoms. The number of pyridine rings is 1. The number of hydrogen-bond donors (Lipinski definition) is 1. The third kappa shape index (κ3) is 5.02. The minimum atomic E-state index is -0.529. The molecule has 1 N–H and O–H groups in total. The Morgan fingerprint density at radius 2 is 1.94 bits per heavy atom. The number of nitrogens with zero attached hydrogens (tertiary/aromatic N) is 3. The summed E-state index contributed by atoms with van der Waals surface area (Å²) in [5.41, 5.74) is 3.67. The fourth-order valence-corrected chi connectivity index (χ4v) is 3.74. The lowest BCUT2D eigenvalue weighted by molar-refractivity contribution is -0.385. The van der Waals surface area contributed by atoms with Crippen molar-refractivity contribution in [2.45, 2.75) is 0 Å². The van der Waals surface area contributed by atoms with E-state index in [9.17, 15) is 14.9 Å². The number of nitrogens with one attached hydrogen (secondary N) is 1. The number of fused-ring (bicyclic) bond motifs is 1. The maximum Gasteiger partial charge on any atom is 0.344 e. The van der Waals surface area contributed by atoms with Crippen LogP contribution in [0.4, 0.5) is 11.5 Å². The van der Waals surface area contributed by atoms with Crippen LogP contribution in [-0.4, -0.2) is 29.2 Å². The molecule has 4 aromatic rings. The SMILES string of the molecule is COc1cc(/C=N\Nc2ccc([N+](=O)[O-])cn2)cc(Br)c1OC(=O)c1cccc2ccccc12. The predicted molar refractivity (Wildman–Crippen MR) is 132 cm³/mol. The van der Waals surface area contributed by atoms with E-state index in [2.05, 4.69) is 31.4 Å². The Hall–Kier alpha value is -4.31. The monoisotopic (exact) mass is 520 g/mol. The van der Waals surface area contributed by atoms with Gasteiger partial charge in [-0.1, -0.05) is 36.4 Å². The molecule has 0 saturated carbocycles. The van der Waals surface area contributed by atoms with Gasteiger partial charge in [-0.25, -0.2) is 9.78 Å². The Morgan fingerprint density at radius 1 is 1.15 bits per heavy atom. The lowest BCUT2D eigenvalue weighted by atomic mass is 10.0. The number of nitro groups is 1. The molecule has 0 amide bonds. The van der Waals surface area contributed by atoms with E-state index >= 15 is 0 Å². The zero-order valence-corrected chi connectivity index (χ0v) is 19.4. The lowest BCUT2D eigenvalue weighted by Gasteiger charge is -2.13. The first-order chi connectivity index (χ1) is 16.5. The maximum absolute atomic E-state index is 12.9. The minimum absolute atomic E-state index is 0.114. The van der Waals surface area contributed by atoms with Crippen molar-refractivity contribution in [3.05, 3.63) is 98.6 Å². The molecule has 170 valence electrons. The first kappa shape index (κ1) is 22.9. The van der Waals surface area contributed by atoms with Crippen molar-refractivity contribution in [3.63, 3.8) is 0 Å². The molecule has 0 aliphatic rings. The number of carbonyl (C=O) groups is 1. The van der Waals surface area contributed by atoms with Gasteiger partial charge in [0, 0.05) is 6.07 Å². The summed E-state index contributed by atoms with van der Waals surface area (Å²) in [5.74, 6) is 0.400. The highest BCUT2D eigenvalue weighted by Crippen LogP contribution is 2.37. The quantitative estimate of drug-likeness (QED) is 0.111. The van der Waals surface area contributed by atoms with Crippen LogP contribution in [-0.2, 0) is 0 Å². The second-order valence-electron chi connectivity index (χ2n) is 6.98. The standard InChI is InChI=1S/C24H17BrN4O5/c1-33-21-12-15(13-27-28-22-10-9-17(14-26-22)29(31)32)11-20(25)23(21)34-24(30)19-8-4-6-16-5-2-3-7-18(16)19/h2-14H,1H3,(H,26,28)/b27-13-. The number of esters is 1. The number of anilines is 1. The number of methoxy groups -OCH3 is 1. The van der Waals surface area contributed by atoms with Gasteiger partial charge in [0.05, 0.1) is 28.3 Å². The number of hydrogen-bond acceptors (Lipinski definition) is 8. The topological polar surface area (TPSA) is 116 Å². The smallest absolute Gasteiger partial charge is 0.344 e. The Balaban J connectivity index is 1.53. The largest absolute Gasteiger partial charge is 0.493 e. The van der Waals surface area contributed by atoms with Gasteiger partial charge in [0.2, 0.25) is 0 Å². The van der Waals surface area contributed by atoms with Crippen LogP contribution in [0.2, 0.25) is 0 Å². The van der Waals surface area contributed by atoms with E-state index in [4.69, 9.17) is 9.47 Å². The van der Waals surface area contributed by atoms with Crippen LogP contribution in [0.3, 0.4) is 0 Å². The molecular weight excluding hydrogens is 504 g/mol. The molecule has 0 fully saturated rings. The van der Waals surface area contributed by atoms with Gasteiger partial charge in [0.1, 0.15) is 12.0 Å². The van der Waals surface area contributed by atoms with Crippen LogP contribution in [0, 0.1) is 10.1 Å². The summed E-state index contributed by atoms with van der Waals surface area (Å²) >= 11 is 3.43. The molecule has 0 atom stereocenters. The molecule has 9 nitrogen and oxygen atoms in total. The van der Waals surface area contributed by atoms with Crippen LogP contribution in [0.1, 0.15) is 15.9 Å². The van der Waals surface area contributed by atoms with Gasteiger partial charge in [-0.2, -0.15) is 5.10 Å². The first-order valence-electron chi connectivity index (χ1n) is 9.93. The van der Waals surface area contributed by atoms with Crippen molar-refractivity contribution in [1.82, 2.24) is 4.98 Å². The molecule has 0 saturated heterocycles. The average Bonchev–Trinajstić information content (AvgIpc) is 2.85. The second-order valence-corrected chi connectivity index (χ2v) is 7.83. The Labute approximate surface area is 202 Å². The number of carbonyl (C=O) groups excluding carboxylic acids is 1. The van der Waals surface area contributed by atoms with E-state index in [1.54, 1.807) is 24.3 Å². The van der Waals surface area contributed by atoms with Gasteiger partial charge in [0.25, 0.3) is 5.69 Å². The van der Waals surface area contributed by atoms with Gasteiger partial charge in [-0.15, -0.1) is 0 Å². The van der Waals surface area contributed by atoms with Crippen molar-refractivity contribution in [2.24, 2.45) is 5.10 Å². The van der Waals surface area contributed by atoms with Gasteiger partial charge in [-0.05, 0) is 56.5 Å². The fraction of sp³-hybridized carbons (Fsp3) is 0.0417. The number of hydrazone groups is 1. The molecule has 0 aliphatic heterocycles. The van der Waals surface area contributed by atoms with E-state index in [0.29, 0.717) is 27.2 Å². The van der Waals surface area contributed by atoms with E-state index in [1.165, 1.54) is 25.5 Å². The number of halogens is 1. The number of aromatic nitrogens is 1. The number of benzene rings is 3. The van der Waals surface area contributed by atoms with Crippen LogP contribution < -0.4 is 14.9 Å². The molecule has 0 radical (unpaired) electrons. The van der Waals surface area contributed by atoms with Crippen molar-refractivity contribution >= 4 is 50.4 Å². The van der Waals surface area contributed by atoms with Crippen LogP contribution in [0.15, 0.2) is 82.5 Å². The molecule has 1 heterocycles. The normalized spacial score (nSPS) is 10.9. The van der Waals surface area contributed by atoms with E-state index in [-0.39, 0.29) is 11.4 Å². The molecule has 10 heteroatoms. The molecule has 0 aliphatic carbocycles. The van der Waals surface area contributed by atoms with Crippen LogP contribution in [0.5, 0.6) is 11.5 Å². The summed E-state index contributed by atoms with van der Waals surface area (Å²) in [6.07, 6.45) is 2.64. The summed E-state index contributed by atoms with van der Waals surface area (Å²) in [5, 5.41) is 16.5. The van der Waals surface area contributed by atoms with Gasteiger partial charge < -0.3 is 9.47 Å². The maximum atomic E-state index is 12.9. The average molecular weight is 521 g/mol. The fourth-order valence-electron chi connectivity index (χ4n) is 3.20. The molecule has 0 unspecified atom stereocenters. The predicted octanol–water partition coefficient (Wildman–Crippen LogP) is 5.58. The zero-order valence-electron chi connectivity index (χ0n) is 17.8. The highest BCUT2D eigenvalue weighted by atomic mass is 79.9. The molecule has 4 rings (SSSR count). The van der Waals surface area contributed by atoms with Crippen LogP contribution in [0.25, 0.3) is 10.8 Å². The molecule has 34 heavy (non-hydrogen) atoms. The van der Waals surface area contributed by atoms with E-state index in [1.807, 2.05) is 30.3 Å². The minimum Gasteiger partial charge on any atom is -0.493 e. The summed E-state index contributed by atoms with van der Waals surface area (Å²) in [6, 6.07) is 19.1. The highest BCUT2D eigenvalue weighted by Gasteiger charge is 2.18. The second kappa shape index (κ2) is 10.1. The Morgan fingerprint density at radius 3 is 2.68 bits per heavy atom. The third-order valence-corrected chi connectivity index (χ3v) is 5.40.